The van der Waals surface area contributed by atoms with Gasteiger partial charge in [0.2, 0.25) is 0 Å². The summed E-state index contributed by atoms with van der Waals surface area (Å²) >= 11 is 0. The molecule has 6 atom stereocenters. The Balaban J connectivity index is 1.28. The van der Waals surface area contributed by atoms with Crippen LogP contribution in [0.3, 0.4) is 0 Å². The van der Waals surface area contributed by atoms with Crippen molar-refractivity contribution in [2.45, 2.75) is 92.2 Å². The van der Waals surface area contributed by atoms with Gasteiger partial charge in [0.15, 0.2) is 0 Å². The van der Waals surface area contributed by atoms with Crippen LogP contribution in [-0.2, 0) is 0 Å². The molecule has 0 aliphatic heterocycles. The standard InChI is InChI=1S/C22H40N2/c1-19(2)15-7-9-21(19,5)17(13-15)23-11-12-24-18-14-16-8-10-22(18,6)20(16,3)4/h15-18,23-24H,7-14H2,1-6H3/t15-,16-,17-,18-,21+,22+/m1/s1. The van der Waals surface area contributed by atoms with E-state index in [0.29, 0.717) is 21.7 Å². The molecule has 4 rings (SSSR count). The summed E-state index contributed by atoms with van der Waals surface area (Å²) < 4.78 is 0. The van der Waals surface area contributed by atoms with Crippen molar-refractivity contribution < 1.29 is 0 Å². The first kappa shape index (κ1) is 17.3. The van der Waals surface area contributed by atoms with E-state index in [9.17, 15) is 0 Å². The second kappa shape index (κ2) is 5.22. The molecule has 0 saturated heterocycles. The third-order valence-corrected chi connectivity index (χ3v) is 10.5. The maximum Gasteiger partial charge on any atom is 0.0129 e. The molecule has 0 amide bonds. The fraction of sp³-hybridized carbons (Fsp3) is 1.00. The molecule has 4 fully saturated rings. The monoisotopic (exact) mass is 332 g/mol. The highest BCUT2D eigenvalue weighted by Crippen LogP contribution is 2.66. The van der Waals surface area contributed by atoms with E-state index in [1.54, 1.807) is 0 Å². The number of hydrogen-bond acceptors (Lipinski definition) is 2. The highest BCUT2D eigenvalue weighted by Gasteiger charge is 2.62. The fourth-order valence-corrected chi connectivity index (χ4v) is 7.52. The molecule has 138 valence electrons. The molecule has 4 saturated carbocycles. The minimum absolute atomic E-state index is 0.512. The van der Waals surface area contributed by atoms with Crippen molar-refractivity contribution in [1.82, 2.24) is 10.6 Å². The van der Waals surface area contributed by atoms with Gasteiger partial charge in [-0.05, 0) is 72.0 Å². The lowest BCUT2D eigenvalue weighted by Crippen LogP contribution is -2.49. The summed E-state index contributed by atoms with van der Waals surface area (Å²) in [5.74, 6) is 1.89. The van der Waals surface area contributed by atoms with Gasteiger partial charge in [0.1, 0.15) is 0 Å². The molecular formula is C22H40N2. The summed E-state index contributed by atoms with van der Waals surface area (Å²) in [6.45, 7) is 17.4. The number of hydrogen-bond donors (Lipinski definition) is 2. The van der Waals surface area contributed by atoms with Crippen molar-refractivity contribution in [3.63, 3.8) is 0 Å². The number of nitrogens with one attached hydrogen (secondary N) is 2. The van der Waals surface area contributed by atoms with Gasteiger partial charge in [-0.2, -0.15) is 0 Å². The van der Waals surface area contributed by atoms with E-state index in [0.717, 1.165) is 37.0 Å². The van der Waals surface area contributed by atoms with Crippen molar-refractivity contribution >= 4 is 0 Å². The SMILES string of the molecule is CC1(C)[C@@H]2CC[C@@]1(C)[C@H](NCCN[C@@H]1C[C@H]3CC[C@]1(C)C3(C)C)C2. The molecule has 24 heavy (non-hydrogen) atoms. The van der Waals surface area contributed by atoms with E-state index in [1.807, 2.05) is 0 Å². The molecular weight excluding hydrogens is 292 g/mol. The highest BCUT2D eigenvalue weighted by molar-refractivity contribution is 5.14. The van der Waals surface area contributed by atoms with Crippen LogP contribution in [0.25, 0.3) is 0 Å². The zero-order valence-corrected chi connectivity index (χ0v) is 17.0. The first-order valence-corrected chi connectivity index (χ1v) is 10.6. The largest absolute Gasteiger partial charge is 0.312 e. The van der Waals surface area contributed by atoms with Gasteiger partial charge in [0, 0.05) is 25.2 Å². The van der Waals surface area contributed by atoms with Gasteiger partial charge in [-0.25, -0.2) is 0 Å². The quantitative estimate of drug-likeness (QED) is 0.719. The second-order valence-corrected chi connectivity index (χ2v) is 11.2. The minimum atomic E-state index is 0.512. The average molecular weight is 333 g/mol. The summed E-state index contributed by atoms with van der Waals surface area (Å²) in [5, 5.41) is 7.90. The van der Waals surface area contributed by atoms with Gasteiger partial charge in [-0.1, -0.05) is 41.5 Å². The Labute approximate surface area is 149 Å². The summed E-state index contributed by atoms with van der Waals surface area (Å²) in [6.07, 6.45) is 8.56. The predicted molar refractivity (Wildman–Crippen MR) is 102 cm³/mol. The molecule has 2 N–H and O–H groups in total. The van der Waals surface area contributed by atoms with Crippen molar-refractivity contribution in [3.8, 4) is 0 Å². The van der Waals surface area contributed by atoms with Gasteiger partial charge in [0.05, 0.1) is 0 Å². The van der Waals surface area contributed by atoms with E-state index < -0.39 is 0 Å². The van der Waals surface area contributed by atoms with E-state index in [4.69, 9.17) is 0 Å². The van der Waals surface area contributed by atoms with E-state index in [1.165, 1.54) is 38.5 Å². The van der Waals surface area contributed by atoms with E-state index in [-0.39, 0.29) is 0 Å². The van der Waals surface area contributed by atoms with E-state index in [2.05, 4.69) is 52.2 Å². The van der Waals surface area contributed by atoms with Crippen LogP contribution in [0.15, 0.2) is 0 Å². The first-order valence-electron chi connectivity index (χ1n) is 10.6. The summed E-state index contributed by atoms with van der Waals surface area (Å²) in [6, 6.07) is 1.47. The molecule has 0 radical (unpaired) electrons. The number of rotatable bonds is 5. The summed E-state index contributed by atoms with van der Waals surface area (Å²) in [4.78, 5) is 0. The molecule has 0 spiro atoms. The average Bonchev–Trinajstić information content (AvgIpc) is 3.02. The van der Waals surface area contributed by atoms with Crippen molar-refractivity contribution in [3.05, 3.63) is 0 Å². The lowest BCUT2D eigenvalue weighted by atomic mass is 9.69. The lowest BCUT2D eigenvalue weighted by molar-refractivity contribution is 0.115. The Morgan fingerprint density at radius 2 is 1.04 bits per heavy atom. The molecule has 0 aromatic carbocycles. The Kier molecular flexibility index (Phi) is 3.77. The summed E-state index contributed by atoms with van der Waals surface area (Å²) in [7, 11) is 0. The van der Waals surface area contributed by atoms with Crippen LogP contribution in [0.5, 0.6) is 0 Å². The molecule has 0 heterocycles. The van der Waals surface area contributed by atoms with Crippen LogP contribution in [-0.4, -0.2) is 25.2 Å². The van der Waals surface area contributed by atoms with Crippen LogP contribution < -0.4 is 10.6 Å². The maximum atomic E-state index is 3.95. The predicted octanol–water partition coefficient (Wildman–Crippen LogP) is 4.60. The Hall–Kier alpha value is -0.0800. The molecule has 0 unspecified atom stereocenters. The number of fused-ring (bicyclic) bond motifs is 4. The van der Waals surface area contributed by atoms with Gasteiger partial charge in [-0.15, -0.1) is 0 Å². The van der Waals surface area contributed by atoms with Crippen LogP contribution in [0.1, 0.15) is 80.1 Å². The van der Waals surface area contributed by atoms with Gasteiger partial charge in [0.25, 0.3) is 0 Å². The van der Waals surface area contributed by atoms with Crippen LogP contribution in [0, 0.1) is 33.5 Å². The topological polar surface area (TPSA) is 24.1 Å². The van der Waals surface area contributed by atoms with Gasteiger partial charge >= 0.3 is 0 Å². The summed E-state index contributed by atoms with van der Waals surface area (Å²) in [5.41, 5.74) is 2.08. The molecule has 0 aromatic rings. The zero-order valence-electron chi connectivity index (χ0n) is 17.0. The Bertz CT molecular complexity index is 464. The molecule has 4 aliphatic rings. The molecule has 4 bridgehead atoms. The van der Waals surface area contributed by atoms with Gasteiger partial charge in [-0.3, -0.25) is 0 Å². The minimum Gasteiger partial charge on any atom is -0.312 e. The molecule has 2 nitrogen and oxygen atoms in total. The van der Waals surface area contributed by atoms with Gasteiger partial charge < -0.3 is 10.6 Å². The third kappa shape index (κ3) is 2.02. The smallest absolute Gasteiger partial charge is 0.0129 e. The van der Waals surface area contributed by atoms with Crippen LogP contribution >= 0.6 is 0 Å². The molecule has 0 aromatic heterocycles. The Morgan fingerprint density at radius 1 is 0.667 bits per heavy atom. The van der Waals surface area contributed by atoms with Crippen molar-refractivity contribution in [2.75, 3.05) is 13.1 Å². The van der Waals surface area contributed by atoms with E-state index >= 15 is 0 Å². The zero-order chi connectivity index (χ0) is 17.4. The third-order valence-electron chi connectivity index (χ3n) is 10.5. The van der Waals surface area contributed by atoms with Crippen LogP contribution in [0.4, 0.5) is 0 Å². The maximum absolute atomic E-state index is 3.95. The molecule has 2 heteroatoms. The van der Waals surface area contributed by atoms with Crippen molar-refractivity contribution in [2.24, 2.45) is 33.5 Å². The van der Waals surface area contributed by atoms with Crippen molar-refractivity contribution in [1.29, 1.82) is 0 Å². The normalized spacial score (nSPS) is 50.8. The highest BCUT2D eigenvalue weighted by atomic mass is 15.0. The molecule has 4 aliphatic carbocycles. The fourth-order valence-electron chi connectivity index (χ4n) is 7.52. The second-order valence-electron chi connectivity index (χ2n) is 11.2. The van der Waals surface area contributed by atoms with Crippen LogP contribution in [0.2, 0.25) is 0 Å². The lowest BCUT2D eigenvalue weighted by Gasteiger charge is -2.41. The Morgan fingerprint density at radius 3 is 1.29 bits per heavy atom. The first-order chi connectivity index (χ1) is 11.1.